The molecule has 2 rings (SSSR count). The van der Waals surface area contributed by atoms with Crippen molar-refractivity contribution < 1.29 is 0 Å². The summed E-state index contributed by atoms with van der Waals surface area (Å²) in [4.78, 5) is 0. The molecule has 2 heterocycles. The lowest BCUT2D eigenvalue weighted by Gasteiger charge is -2.31. The Morgan fingerprint density at radius 3 is 2.00 bits per heavy atom. The van der Waals surface area contributed by atoms with E-state index < -0.39 is 0 Å². The first-order valence-corrected chi connectivity index (χ1v) is 4.70. The van der Waals surface area contributed by atoms with Crippen LogP contribution in [0.1, 0.15) is 12.8 Å². The van der Waals surface area contributed by atoms with Gasteiger partial charge in [0, 0.05) is 13.1 Å². The van der Waals surface area contributed by atoms with Gasteiger partial charge in [0.05, 0.1) is 11.8 Å². The molecule has 2 nitrogen and oxygen atoms in total. The van der Waals surface area contributed by atoms with Gasteiger partial charge < -0.3 is 0 Å². The quantitative estimate of drug-likeness (QED) is 0.500. The van der Waals surface area contributed by atoms with Crippen LogP contribution in [0.5, 0.6) is 0 Å². The fourth-order valence-corrected chi connectivity index (χ4v) is 2.50. The number of hydrogen-bond donors (Lipinski definition) is 0. The molecule has 0 aromatic rings. The van der Waals surface area contributed by atoms with E-state index in [1.54, 1.807) is 0 Å². The number of thioether (sulfide) groups is 1. The molecule has 0 N–H and O–H groups in total. The molecule has 0 aromatic heterocycles. The SMILES string of the molecule is C1CCN2CSCN2C1. The van der Waals surface area contributed by atoms with Crippen LogP contribution in [0.15, 0.2) is 0 Å². The average Bonchev–Trinajstić information content (AvgIpc) is 2.33. The summed E-state index contributed by atoms with van der Waals surface area (Å²) >= 11 is 2.03. The molecule has 2 saturated heterocycles. The standard InChI is InChI=1S/C6H12N2S/c1-2-4-8-6-9-5-7(8)3-1/h1-6H2. The summed E-state index contributed by atoms with van der Waals surface area (Å²) in [5, 5.41) is 4.93. The Morgan fingerprint density at radius 1 is 0.889 bits per heavy atom. The summed E-state index contributed by atoms with van der Waals surface area (Å²) in [6.07, 6.45) is 2.80. The molecule has 2 aliphatic rings. The number of hydrazine groups is 1. The summed E-state index contributed by atoms with van der Waals surface area (Å²) in [5.74, 6) is 2.47. The van der Waals surface area contributed by atoms with Crippen molar-refractivity contribution in [2.24, 2.45) is 0 Å². The Bertz CT molecular complexity index is 95.2. The Hall–Kier alpha value is 0.270. The minimum Gasteiger partial charge on any atom is -0.231 e. The first-order chi connectivity index (χ1) is 4.47. The van der Waals surface area contributed by atoms with E-state index in [2.05, 4.69) is 10.0 Å². The van der Waals surface area contributed by atoms with E-state index in [1.165, 1.54) is 37.7 Å². The van der Waals surface area contributed by atoms with E-state index in [1.807, 2.05) is 11.8 Å². The second-order valence-electron chi connectivity index (χ2n) is 2.63. The normalized spacial score (nSPS) is 30.7. The molecule has 3 heteroatoms. The molecule has 0 spiro atoms. The Balaban J connectivity index is 1.97. The Labute approximate surface area is 60.2 Å². The van der Waals surface area contributed by atoms with Crippen LogP contribution in [-0.4, -0.2) is 34.9 Å². The molecule has 0 saturated carbocycles. The molecular formula is C6H12N2S. The van der Waals surface area contributed by atoms with Crippen molar-refractivity contribution in [3.8, 4) is 0 Å². The fourth-order valence-electron chi connectivity index (χ4n) is 1.42. The number of hydrogen-bond acceptors (Lipinski definition) is 3. The highest BCUT2D eigenvalue weighted by atomic mass is 32.2. The van der Waals surface area contributed by atoms with Gasteiger partial charge >= 0.3 is 0 Å². The molecule has 0 amide bonds. The van der Waals surface area contributed by atoms with Crippen molar-refractivity contribution in [1.82, 2.24) is 10.0 Å². The van der Waals surface area contributed by atoms with Gasteiger partial charge in [-0.05, 0) is 12.8 Å². The number of nitrogens with zero attached hydrogens (tertiary/aromatic N) is 2. The maximum Gasteiger partial charge on any atom is 0.0603 e. The summed E-state index contributed by atoms with van der Waals surface area (Å²) in [6.45, 7) is 2.60. The third-order valence-corrected chi connectivity index (χ3v) is 2.92. The van der Waals surface area contributed by atoms with Crippen molar-refractivity contribution >= 4 is 11.8 Å². The summed E-state index contributed by atoms with van der Waals surface area (Å²) in [5.41, 5.74) is 0. The van der Waals surface area contributed by atoms with Gasteiger partial charge in [0.15, 0.2) is 0 Å². The number of fused-ring (bicyclic) bond motifs is 1. The van der Waals surface area contributed by atoms with E-state index in [0.717, 1.165) is 0 Å². The molecule has 2 fully saturated rings. The zero-order valence-electron chi connectivity index (χ0n) is 5.55. The molecule has 2 aliphatic heterocycles. The van der Waals surface area contributed by atoms with Gasteiger partial charge in [-0.25, -0.2) is 10.0 Å². The van der Waals surface area contributed by atoms with Gasteiger partial charge in [-0.2, -0.15) is 0 Å². The van der Waals surface area contributed by atoms with Gasteiger partial charge in [-0.1, -0.05) is 0 Å². The third-order valence-electron chi connectivity index (χ3n) is 1.96. The predicted molar refractivity (Wildman–Crippen MR) is 40.0 cm³/mol. The summed E-state index contributed by atoms with van der Waals surface area (Å²) in [6, 6.07) is 0. The van der Waals surface area contributed by atoms with Crippen LogP contribution in [0.4, 0.5) is 0 Å². The smallest absolute Gasteiger partial charge is 0.0603 e. The Morgan fingerprint density at radius 2 is 1.44 bits per heavy atom. The molecule has 0 aliphatic carbocycles. The van der Waals surface area contributed by atoms with Crippen LogP contribution in [0.3, 0.4) is 0 Å². The maximum absolute atomic E-state index is 2.47. The van der Waals surface area contributed by atoms with E-state index >= 15 is 0 Å². The topological polar surface area (TPSA) is 6.48 Å². The lowest BCUT2D eigenvalue weighted by molar-refractivity contribution is -0.00111. The minimum absolute atomic E-state index is 1.24. The van der Waals surface area contributed by atoms with Crippen molar-refractivity contribution in [3.05, 3.63) is 0 Å². The van der Waals surface area contributed by atoms with Crippen LogP contribution in [0.25, 0.3) is 0 Å². The predicted octanol–water partition coefficient (Wildman–Crippen LogP) is 0.961. The summed E-state index contributed by atoms with van der Waals surface area (Å²) in [7, 11) is 0. The first-order valence-electron chi connectivity index (χ1n) is 3.54. The zero-order chi connectivity index (χ0) is 6.10. The van der Waals surface area contributed by atoms with Crippen LogP contribution in [0, 0.1) is 0 Å². The minimum atomic E-state index is 1.24. The van der Waals surface area contributed by atoms with Crippen LogP contribution in [-0.2, 0) is 0 Å². The molecule has 0 unspecified atom stereocenters. The molecule has 0 aromatic carbocycles. The van der Waals surface area contributed by atoms with Crippen molar-refractivity contribution in [2.45, 2.75) is 12.8 Å². The van der Waals surface area contributed by atoms with E-state index in [-0.39, 0.29) is 0 Å². The molecule has 0 atom stereocenters. The second kappa shape index (κ2) is 2.48. The highest BCUT2D eigenvalue weighted by Crippen LogP contribution is 2.23. The highest BCUT2D eigenvalue weighted by Gasteiger charge is 2.23. The van der Waals surface area contributed by atoms with Crippen LogP contribution in [0.2, 0.25) is 0 Å². The molecular weight excluding hydrogens is 132 g/mol. The Kier molecular flexibility index (Phi) is 1.66. The first kappa shape index (κ1) is 6.01. The van der Waals surface area contributed by atoms with E-state index in [9.17, 15) is 0 Å². The van der Waals surface area contributed by atoms with Gasteiger partial charge in [-0.3, -0.25) is 0 Å². The number of rotatable bonds is 0. The molecule has 0 bridgehead atoms. The average molecular weight is 144 g/mol. The monoisotopic (exact) mass is 144 g/mol. The van der Waals surface area contributed by atoms with Gasteiger partial charge in [-0.15, -0.1) is 11.8 Å². The summed E-state index contributed by atoms with van der Waals surface area (Å²) < 4.78 is 0. The molecule has 52 valence electrons. The van der Waals surface area contributed by atoms with Crippen LogP contribution >= 0.6 is 11.8 Å². The third kappa shape index (κ3) is 1.09. The van der Waals surface area contributed by atoms with Crippen molar-refractivity contribution in [2.75, 3.05) is 24.8 Å². The zero-order valence-corrected chi connectivity index (χ0v) is 6.36. The molecule has 0 radical (unpaired) electrons. The van der Waals surface area contributed by atoms with Gasteiger partial charge in [0.25, 0.3) is 0 Å². The molecule has 9 heavy (non-hydrogen) atoms. The van der Waals surface area contributed by atoms with E-state index in [4.69, 9.17) is 0 Å². The van der Waals surface area contributed by atoms with Crippen molar-refractivity contribution in [1.29, 1.82) is 0 Å². The lowest BCUT2D eigenvalue weighted by Crippen LogP contribution is -2.41. The second-order valence-corrected chi connectivity index (χ2v) is 3.55. The maximum atomic E-state index is 2.47. The van der Waals surface area contributed by atoms with E-state index in [0.29, 0.717) is 0 Å². The fraction of sp³-hybridized carbons (Fsp3) is 1.00. The van der Waals surface area contributed by atoms with Crippen LogP contribution < -0.4 is 0 Å². The van der Waals surface area contributed by atoms with Crippen molar-refractivity contribution in [3.63, 3.8) is 0 Å². The highest BCUT2D eigenvalue weighted by molar-refractivity contribution is 7.99. The largest absolute Gasteiger partial charge is 0.231 e. The van der Waals surface area contributed by atoms with Gasteiger partial charge in [0.1, 0.15) is 0 Å². The lowest BCUT2D eigenvalue weighted by atomic mass is 10.2. The van der Waals surface area contributed by atoms with Gasteiger partial charge in [0.2, 0.25) is 0 Å².